The van der Waals surface area contributed by atoms with Gasteiger partial charge in [-0.25, -0.2) is 0 Å². The summed E-state index contributed by atoms with van der Waals surface area (Å²) in [6, 6.07) is 0. The monoisotopic (exact) mass is 190 g/mol. The lowest BCUT2D eigenvalue weighted by Crippen LogP contribution is -2.18. The van der Waals surface area contributed by atoms with Crippen molar-refractivity contribution in [2.24, 2.45) is 0 Å². The van der Waals surface area contributed by atoms with E-state index in [2.05, 4.69) is 27.7 Å². The van der Waals surface area contributed by atoms with Crippen LogP contribution in [-0.2, 0) is 0 Å². The molecule has 0 N–H and O–H groups in total. The molecular weight excluding hydrogens is 175 g/mol. The molecule has 0 bridgehead atoms. The standard InChI is InChI=1S/C11H15BO2/c1-6-7(2)9(4)11-10(8(6)3)13-12(5)14-11/h1-5H3. The van der Waals surface area contributed by atoms with E-state index in [1.807, 2.05) is 6.82 Å². The van der Waals surface area contributed by atoms with Gasteiger partial charge in [0, 0.05) is 0 Å². The van der Waals surface area contributed by atoms with E-state index in [1.165, 1.54) is 22.3 Å². The van der Waals surface area contributed by atoms with Crippen LogP contribution in [0.3, 0.4) is 0 Å². The second kappa shape index (κ2) is 2.94. The maximum atomic E-state index is 5.63. The summed E-state index contributed by atoms with van der Waals surface area (Å²) in [5, 5.41) is 0. The smallest absolute Gasteiger partial charge is 0.523 e. The molecule has 1 aromatic rings. The maximum Gasteiger partial charge on any atom is 0.591 e. The molecule has 1 aliphatic heterocycles. The first-order valence-corrected chi connectivity index (χ1v) is 4.96. The Balaban J connectivity index is 2.70. The lowest BCUT2D eigenvalue weighted by molar-refractivity contribution is 0.507. The van der Waals surface area contributed by atoms with Crippen molar-refractivity contribution in [1.82, 2.24) is 0 Å². The van der Waals surface area contributed by atoms with Crippen molar-refractivity contribution < 1.29 is 9.31 Å². The molecule has 2 rings (SSSR count). The first-order valence-electron chi connectivity index (χ1n) is 4.96. The molecule has 0 unspecified atom stereocenters. The Hall–Kier alpha value is -1.12. The summed E-state index contributed by atoms with van der Waals surface area (Å²) in [6.07, 6.45) is 0. The molecule has 0 amide bonds. The van der Waals surface area contributed by atoms with E-state index < -0.39 is 0 Å². The third-order valence-corrected chi connectivity index (χ3v) is 3.14. The van der Waals surface area contributed by atoms with E-state index in [0.29, 0.717) is 0 Å². The van der Waals surface area contributed by atoms with Crippen LogP contribution >= 0.6 is 0 Å². The Morgan fingerprint density at radius 1 is 0.714 bits per heavy atom. The van der Waals surface area contributed by atoms with Crippen molar-refractivity contribution in [3.05, 3.63) is 22.3 Å². The topological polar surface area (TPSA) is 18.5 Å². The molecule has 1 aromatic carbocycles. The Morgan fingerprint density at radius 2 is 1.07 bits per heavy atom. The van der Waals surface area contributed by atoms with Gasteiger partial charge in [0.2, 0.25) is 0 Å². The Morgan fingerprint density at radius 3 is 1.43 bits per heavy atom. The first kappa shape index (κ1) is 9.44. The minimum Gasteiger partial charge on any atom is -0.523 e. The fourth-order valence-corrected chi connectivity index (χ4v) is 1.88. The van der Waals surface area contributed by atoms with Crippen LogP contribution in [0.25, 0.3) is 0 Å². The lowest BCUT2D eigenvalue weighted by Gasteiger charge is -2.13. The molecule has 0 aliphatic carbocycles. The molecule has 14 heavy (non-hydrogen) atoms. The predicted octanol–water partition coefficient (Wildman–Crippen LogP) is 2.81. The minimum atomic E-state index is -0.149. The van der Waals surface area contributed by atoms with Gasteiger partial charge in [-0.3, -0.25) is 0 Å². The Kier molecular flexibility index (Phi) is 1.98. The zero-order chi connectivity index (χ0) is 10.5. The molecule has 3 heteroatoms. The number of hydrogen-bond acceptors (Lipinski definition) is 2. The van der Waals surface area contributed by atoms with Gasteiger partial charge in [-0.05, 0) is 56.8 Å². The number of fused-ring (bicyclic) bond motifs is 1. The van der Waals surface area contributed by atoms with Crippen LogP contribution < -0.4 is 9.31 Å². The highest BCUT2D eigenvalue weighted by Crippen LogP contribution is 2.42. The molecule has 0 saturated carbocycles. The highest BCUT2D eigenvalue weighted by Gasteiger charge is 2.30. The second-order valence-electron chi connectivity index (χ2n) is 3.96. The number of hydrogen-bond donors (Lipinski definition) is 0. The van der Waals surface area contributed by atoms with Gasteiger partial charge < -0.3 is 9.31 Å². The quantitative estimate of drug-likeness (QED) is 0.585. The van der Waals surface area contributed by atoms with Crippen LogP contribution in [0.2, 0.25) is 6.82 Å². The summed E-state index contributed by atoms with van der Waals surface area (Å²) in [7, 11) is -0.149. The molecule has 0 radical (unpaired) electrons. The maximum absolute atomic E-state index is 5.63. The zero-order valence-corrected chi connectivity index (χ0v) is 9.39. The van der Waals surface area contributed by atoms with Crippen LogP contribution in [-0.4, -0.2) is 7.12 Å². The summed E-state index contributed by atoms with van der Waals surface area (Å²) in [6.45, 7) is 10.3. The van der Waals surface area contributed by atoms with E-state index in [-0.39, 0.29) is 7.12 Å². The highest BCUT2D eigenvalue weighted by molar-refractivity contribution is 6.46. The van der Waals surface area contributed by atoms with Gasteiger partial charge >= 0.3 is 7.12 Å². The third-order valence-electron chi connectivity index (χ3n) is 3.14. The van der Waals surface area contributed by atoms with Crippen LogP contribution in [0.4, 0.5) is 0 Å². The molecule has 0 aromatic heterocycles. The van der Waals surface area contributed by atoms with Gasteiger partial charge in [0.05, 0.1) is 0 Å². The summed E-state index contributed by atoms with van der Waals surface area (Å²) in [4.78, 5) is 0. The van der Waals surface area contributed by atoms with Crippen LogP contribution in [0.15, 0.2) is 0 Å². The summed E-state index contributed by atoms with van der Waals surface area (Å²) in [5.74, 6) is 1.86. The molecule has 1 heterocycles. The van der Waals surface area contributed by atoms with Crippen molar-refractivity contribution in [1.29, 1.82) is 0 Å². The predicted molar refractivity (Wildman–Crippen MR) is 58.3 cm³/mol. The highest BCUT2D eigenvalue weighted by atomic mass is 16.6. The van der Waals surface area contributed by atoms with E-state index in [4.69, 9.17) is 9.31 Å². The third kappa shape index (κ3) is 1.12. The zero-order valence-electron chi connectivity index (χ0n) is 9.39. The summed E-state index contributed by atoms with van der Waals surface area (Å²) < 4.78 is 11.3. The van der Waals surface area contributed by atoms with Gasteiger partial charge in [0.1, 0.15) is 11.5 Å². The van der Waals surface area contributed by atoms with E-state index in [1.54, 1.807) is 0 Å². The number of benzene rings is 1. The average molecular weight is 190 g/mol. The normalized spacial score (nSPS) is 13.6. The number of rotatable bonds is 0. The van der Waals surface area contributed by atoms with Gasteiger partial charge in [0.15, 0.2) is 0 Å². The van der Waals surface area contributed by atoms with Gasteiger partial charge in [-0.2, -0.15) is 0 Å². The molecule has 1 aliphatic rings. The molecule has 2 nitrogen and oxygen atoms in total. The molecule has 0 spiro atoms. The molecule has 0 saturated heterocycles. The minimum absolute atomic E-state index is 0.149. The Bertz CT molecular complexity index is 362. The van der Waals surface area contributed by atoms with Crippen molar-refractivity contribution >= 4 is 7.12 Å². The van der Waals surface area contributed by atoms with E-state index in [9.17, 15) is 0 Å². The molecule has 0 atom stereocenters. The first-order chi connectivity index (χ1) is 6.52. The largest absolute Gasteiger partial charge is 0.591 e. The van der Waals surface area contributed by atoms with Crippen LogP contribution in [0.1, 0.15) is 22.3 Å². The summed E-state index contributed by atoms with van der Waals surface area (Å²) in [5.41, 5.74) is 5.01. The van der Waals surface area contributed by atoms with Crippen molar-refractivity contribution in [3.63, 3.8) is 0 Å². The second-order valence-corrected chi connectivity index (χ2v) is 3.96. The van der Waals surface area contributed by atoms with Crippen molar-refractivity contribution in [3.8, 4) is 11.5 Å². The van der Waals surface area contributed by atoms with Gasteiger partial charge in [0.25, 0.3) is 0 Å². The lowest BCUT2D eigenvalue weighted by atomic mass is 9.97. The van der Waals surface area contributed by atoms with Crippen molar-refractivity contribution in [2.75, 3.05) is 0 Å². The van der Waals surface area contributed by atoms with Crippen molar-refractivity contribution in [2.45, 2.75) is 34.5 Å². The van der Waals surface area contributed by atoms with Crippen LogP contribution in [0, 0.1) is 27.7 Å². The fraction of sp³-hybridized carbons (Fsp3) is 0.455. The van der Waals surface area contributed by atoms with E-state index >= 15 is 0 Å². The van der Waals surface area contributed by atoms with Crippen LogP contribution in [0.5, 0.6) is 11.5 Å². The molecular formula is C11H15BO2. The Labute approximate surface area is 85.4 Å². The molecule has 0 fully saturated rings. The van der Waals surface area contributed by atoms with Gasteiger partial charge in [-0.1, -0.05) is 0 Å². The van der Waals surface area contributed by atoms with E-state index in [0.717, 1.165) is 11.5 Å². The fourth-order valence-electron chi connectivity index (χ4n) is 1.88. The van der Waals surface area contributed by atoms with Gasteiger partial charge in [-0.15, -0.1) is 0 Å². The SMILES string of the molecule is CB1Oc2c(C)c(C)c(C)c(C)c2O1. The summed E-state index contributed by atoms with van der Waals surface area (Å²) >= 11 is 0. The molecule has 74 valence electrons. The average Bonchev–Trinajstić information content (AvgIpc) is 2.54.